The van der Waals surface area contributed by atoms with Crippen LogP contribution in [0.1, 0.15) is 181 Å². The number of allylic oxidation sites excluding steroid dienone is 2. The zero-order valence-electron chi connectivity index (χ0n) is 38.1. The molecule has 2 heterocycles. The van der Waals surface area contributed by atoms with Gasteiger partial charge in [-0.2, -0.15) is 0 Å². The van der Waals surface area contributed by atoms with Crippen molar-refractivity contribution in [1.29, 1.82) is 0 Å². The molecule has 0 aromatic carbocycles. The molecule has 2 saturated heterocycles. The first kappa shape index (κ1) is 56.4. The van der Waals surface area contributed by atoms with E-state index in [9.17, 15) is 45.3 Å². The first-order valence-electron chi connectivity index (χ1n) is 24.3. The van der Waals surface area contributed by atoms with E-state index in [1.165, 1.54) is 83.5 Å². The maximum absolute atomic E-state index is 12.9. The van der Waals surface area contributed by atoms with E-state index in [2.05, 4.69) is 26.0 Å². The largest absolute Gasteiger partial charge is 0.462 e. The van der Waals surface area contributed by atoms with E-state index < -0.39 is 92.7 Å². The fourth-order valence-electron chi connectivity index (χ4n) is 7.68. The summed E-state index contributed by atoms with van der Waals surface area (Å²) in [6.45, 7) is 2.56. The molecule has 15 heteroatoms. The molecule has 2 aliphatic rings. The lowest BCUT2D eigenvalue weighted by Gasteiger charge is -2.42. The van der Waals surface area contributed by atoms with Crippen LogP contribution in [-0.2, 0) is 38.0 Å². The molecule has 364 valence electrons. The Kier molecular flexibility index (Phi) is 32.3. The average molecular weight is 891 g/mol. The van der Waals surface area contributed by atoms with Crippen molar-refractivity contribution < 1.29 is 73.8 Å². The van der Waals surface area contributed by atoms with Crippen molar-refractivity contribution in [3.05, 3.63) is 12.2 Å². The normalized spacial score (nSPS) is 27.1. The summed E-state index contributed by atoms with van der Waals surface area (Å²) >= 11 is 0. The maximum atomic E-state index is 12.9. The molecule has 7 N–H and O–H groups in total. The predicted molar refractivity (Wildman–Crippen MR) is 234 cm³/mol. The van der Waals surface area contributed by atoms with Crippen molar-refractivity contribution in [2.75, 3.05) is 26.4 Å². The van der Waals surface area contributed by atoms with Crippen LogP contribution in [0.25, 0.3) is 0 Å². The number of ether oxygens (including phenoxy) is 6. The van der Waals surface area contributed by atoms with Gasteiger partial charge in [-0.3, -0.25) is 9.59 Å². The molecule has 2 rings (SSSR count). The van der Waals surface area contributed by atoms with Crippen molar-refractivity contribution in [3.63, 3.8) is 0 Å². The van der Waals surface area contributed by atoms with Gasteiger partial charge in [0.25, 0.3) is 0 Å². The Labute approximate surface area is 371 Å². The van der Waals surface area contributed by atoms with E-state index in [1.807, 2.05) is 0 Å². The van der Waals surface area contributed by atoms with Crippen LogP contribution < -0.4 is 0 Å². The topological polar surface area (TPSA) is 231 Å². The number of unbranched alkanes of at least 4 members (excludes halogenated alkanes) is 21. The Balaban J connectivity index is 1.84. The highest BCUT2D eigenvalue weighted by Crippen LogP contribution is 2.26. The van der Waals surface area contributed by atoms with E-state index in [0.29, 0.717) is 12.8 Å². The second-order valence-electron chi connectivity index (χ2n) is 17.3. The Morgan fingerprint density at radius 3 is 1.44 bits per heavy atom. The smallest absolute Gasteiger partial charge is 0.306 e. The molecule has 2 fully saturated rings. The molecule has 0 aromatic rings. The number of hydrogen-bond donors (Lipinski definition) is 7. The molecule has 15 nitrogen and oxygen atoms in total. The lowest BCUT2D eigenvalue weighted by molar-refractivity contribution is -0.332. The van der Waals surface area contributed by atoms with E-state index in [-0.39, 0.29) is 26.1 Å². The summed E-state index contributed by atoms with van der Waals surface area (Å²) in [6, 6.07) is 0. The number of carbonyl (C=O) groups is 2. The number of rotatable bonds is 37. The Hall–Kier alpha value is -1.76. The van der Waals surface area contributed by atoms with Crippen LogP contribution in [0.5, 0.6) is 0 Å². The highest BCUT2D eigenvalue weighted by molar-refractivity contribution is 5.70. The van der Waals surface area contributed by atoms with Crippen LogP contribution in [0, 0.1) is 0 Å². The minimum atomic E-state index is -1.76. The van der Waals surface area contributed by atoms with Crippen molar-refractivity contribution >= 4 is 11.9 Å². The summed E-state index contributed by atoms with van der Waals surface area (Å²) in [7, 11) is 0. The molecular weight excluding hydrogens is 805 g/mol. The number of carbonyl (C=O) groups excluding carboxylic acids is 2. The van der Waals surface area contributed by atoms with E-state index >= 15 is 0 Å². The molecule has 11 atom stereocenters. The summed E-state index contributed by atoms with van der Waals surface area (Å²) in [5.74, 6) is -0.929. The van der Waals surface area contributed by atoms with Gasteiger partial charge in [0, 0.05) is 12.8 Å². The van der Waals surface area contributed by atoms with E-state index in [1.54, 1.807) is 0 Å². The molecule has 0 radical (unpaired) electrons. The fourth-order valence-corrected chi connectivity index (χ4v) is 7.68. The third kappa shape index (κ3) is 24.0. The Morgan fingerprint density at radius 1 is 0.500 bits per heavy atom. The second kappa shape index (κ2) is 35.5. The summed E-state index contributed by atoms with van der Waals surface area (Å²) < 4.78 is 33.5. The zero-order chi connectivity index (χ0) is 45.4. The van der Waals surface area contributed by atoms with Crippen molar-refractivity contribution in [3.8, 4) is 0 Å². The minimum absolute atomic E-state index is 0.168. The van der Waals surface area contributed by atoms with Gasteiger partial charge in [-0.15, -0.1) is 0 Å². The molecule has 2 aliphatic heterocycles. The lowest BCUT2D eigenvalue weighted by Crippen LogP contribution is -2.61. The summed E-state index contributed by atoms with van der Waals surface area (Å²) in [5, 5.41) is 71.9. The van der Waals surface area contributed by atoms with Gasteiger partial charge < -0.3 is 64.2 Å². The summed E-state index contributed by atoms with van der Waals surface area (Å²) in [6.07, 6.45) is 15.3. The molecule has 0 aromatic heterocycles. The molecule has 0 amide bonds. The predicted octanol–water partition coefficient (Wildman–Crippen LogP) is 5.82. The number of aliphatic hydroxyl groups is 7. The lowest BCUT2D eigenvalue weighted by atomic mass is 9.98. The van der Waals surface area contributed by atoms with Gasteiger partial charge in [-0.25, -0.2) is 0 Å². The highest BCUT2D eigenvalue weighted by Gasteiger charge is 2.47. The molecule has 0 spiro atoms. The first-order valence-corrected chi connectivity index (χ1v) is 24.3. The molecule has 4 unspecified atom stereocenters. The van der Waals surface area contributed by atoms with E-state index in [0.717, 1.165) is 57.8 Å². The second-order valence-corrected chi connectivity index (χ2v) is 17.3. The van der Waals surface area contributed by atoms with Crippen LogP contribution >= 0.6 is 0 Å². The maximum Gasteiger partial charge on any atom is 0.306 e. The SMILES string of the molecule is CCCCCC/C=C/CCCCCCCC(=O)OC[C@H](CO[C@@H]1O[C@H](CO[C@@H]2O[C@H](CO)[C@H](O)C(O)C2O)[C@H](O)C(O)C1O)OC(=O)CCCCCCCCCCCCCCC. The van der Waals surface area contributed by atoms with Gasteiger partial charge in [0.15, 0.2) is 18.7 Å². The molecule has 0 aliphatic carbocycles. The Morgan fingerprint density at radius 2 is 0.919 bits per heavy atom. The molecular formula is C47H86O15. The zero-order valence-corrected chi connectivity index (χ0v) is 38.1. The van der Waals surface area contributed by atoms with Gasteiger partial charge in [-0.05, 0) is 38.5 Å². The van der Waals surface area contributed by atoms with Gasteiger partial charge in [-0.1, -0.05) is 142 Å². The summed E-state index contributed by atoms with van der Waals surface area (Å²) in [4.78, 5) is 25.7. The third-order valence-electron chi connectivity index (χ3n) is 11.7. The van der Waals surface area contributed by atoms with Crippen LogP contribution in [0.15, 0.2) is 12.2 Å². The van der Waals surface area contributed by atoms with Gasteiger partial charge in [0.1, 0.15) is 55.4 Å². The van der Waals surface area contributed by atoms with Crippen LogP contribution in [0.3, 0.4) is 0 Å². The van der Waals surface area contributed by atoms with Crippen LogP contribution in [0.2, 0.25) is 0 Å². The average Bonchev–Trinajstić information content (AvgIpc) is 3.26. The fraction of sp³-hybridized carbons (Fsp3) is 0.915. The third-order valence-corrected chi connectivity index (χ3v) is 11.7. The van der Waals surface area contributed by atoms with Crippen molar-refractivity contribution in [2.45, 2.75) is 248 Å². The van der Waals surface area contributed by atoms with Crippen molar-refractivity contribution in [2.24, 2.45) is 0 Å². The Bertz CT molecular complexity index is 1140. The molecule has 0 saturated carbocycles. The standard InChI is InChI=1S/C47H86O15/c1-3-5-7-9-11-13-15-17-19-21-23-25-27-29-38(49)57-32-35(60-39(50)30-28-26-24-22-20-18-16-14-12-10-8-6-4-2)33-58-46-45(56)43(54)41(52)37(62-46)34-59-47-44(55)42(53)40(51)36(31-48)61-47/h13,15,35-37,40-48,51-56H,3-12,14,16-34H2,1-2H3/b15-13+/t35-,36-,37-,40+,41+,42?,43?,44?,45?,46-,47-/m1/s1. The number of aliphatic hydroxyl groups excluding tert-OH is 7. The highest BCUT2D eigenvalue weighted by atomic mass is 16.7. The van der Waals surface area contributed by atoms with Crippen LogP contribution in [0.4, 0.5) is 0 Å². The number of hydrogen-bond acceptors (Lipinski definition) is 15. The molecule has 62 heavy (non-hydrogen) atoms. The van der Waals surface area contributed by atoms with Gasteiger partial charge in [0.05, 0.1) is 19.8 Å². The molecule has 0 bridgehead atoms. The van der Waals surface area contributed by atoms with Crippen LogP contribution in [-0.4, -0.2) is 142 Å². The summed E-state index contributed by atoms with van der Waals surface area (Å²) in [5.41, 5.74) is 0. The van der Waals surface area contributed by atoms with Gasteiger partial charge >= 0.3 is 11.9 Å². The van der Waals surface area contributed by atoms with Gasteiger partial charge in [0.2, 0.25) is 0 Å². The quantitative estimate of drug-likeness (QED) is 0.0221. The first-order chi connectivity index (χ1) is 30.0. The number of esters is 2. The minimum Gasteiger partial charge on any atom is -0.462 e. The monoisotopic (exact) mass is 891 g/mol. The van der Waals surface area contributed by atoms with E-state index in [4.69, 9.17) is 28.4 Å². The van der Waals surface area contributed by atoms with Crippen molar-refractivity contribution in [1.82, 2.24) is 0 Å².